The van der Waals surface area contributed by atoms with E-state index in [1.807, 2.05) is 0 Å². The van der Waals surface area contributed by atoms with Gasteiger partial charge in [-0.3, -0.25) is 9.58 Å². The van der Waals surface area contributed by atoms with Crippen LogP contribution in [0, 0.1) is 5.92 Å². The second-order valence-electron chi connectivity index (χ2n) is 7.82. The minimum Gasteiger partial charge on any atom is -0.381 e. The molecule has 1 atom stereocenters. The summed E-state index contributed by atoms with van der Waals surface area (Å²) in [6.45, 7) is 12.0. The van der Waals surface area contributed by atoms with E-state index >= 15 is 0 Å². The van der Waals surface area contributed by atoms with Gasteiger partial charge in [-0.1, -0.05) is 0 Å². The van der Waals surface area contributed by atoms with E-state index in [0.29, 0.717) is 5.92 Å². The molecular formula is C19H32N4O. The highest BCUT2D eigenvalue weighted by Gasteiger charge is 2.32. The van der Waals surface area contributed by atoms with Crippen LogP contribution in [-0.2, 0) is 17.8 Å². The van der Waals surface area contributed by atoms with Crippen molar-refractivity contribution in [2.24, 2.45) is 5.92 Å². The Balaban J connectivity index is 1.43. The molecule has 0 aromatic carbocycles. The Hall–Kier alpha value is -0.910. The summed E-state index contributed by atoms with van der Waals surface area (Å²) in [6.07, 6.45) is 7.65. The third-order valence-electron chi connectivity index (χ3n) is 5.80. The lowest BCUT2D eigenvalue weighted by Gasteiger charge is -2.34. The van der Waals surface area contributed by atoms with Crippen molar-refractivity contribution in [3.8, 4) is 0 Å². The molecule has 5 nitrogen and oxygen atoms in total. The zero-order chi connectivity index (χ0) is 16.4. The molecule has 4 rings (SSSR count). The average Bonchev–Trinajstić information content (AvgIpc) is 3.09. The number of hydrogen-bond donors (Lipinski definition) is 0. The lowest BCUT2D eigenvalue weighted by atomic mass is 9.96. The zero-order valence-corrected chi connectivity index (χ0v) is 15.1. The van der Waals surface area contributed by atoms with Gasteiger partial charge in [0.25, 0.3) is 0 Å². The van der Waals surface area contributed by atoms with Crippen molar-refractivity contribution in [1.82, 2.24) is 19.6 Å². The predicted molar refractivity (Wildman–Crippen MR) is 95.1 cm³/mol. The van der Waals surface area contributed by atoms with Gasteiger partial charge in [-0.25, -0.2) is 0 Å². The monoisotopic (exact) mass is 332 g/mol. The molecule has 0 amide bonds. The fourth-order valence-electron chi connectivity index (χ4n) is 4.27. The highest BCUT2D eigenvalue weighted by Crippen LogP contribution is 2.34. The fourth-order valence-corrected chi connectivity index (χ4v) is 4.27. The number of rotatable bonds is 8. The molecule has 1 saturated heterocycles. The normalized spacial score (nSPS) is 25.3. The molecular weight excluding hydrogens is 300 g/mol. The van der Waals surface area contributed by atoms with Gasteiger partial charge in [-0.15, -0.1) is 0 Å². The van der Waals surface area contributed by atoms with E-state index in [9.17, 15) is 0 Å². The third kappa shape index (κ3) is 3.84. The maximum absolute atomic E-state index is 5.82. The number of ether oxygens (including phenoxy) is 1. The van der Waals surface area contributed by atoms with Crippen LogP contribution in [0.4, 0.5) is 0 Å². The van der Waals surface area contributed by atoms with E-state index in [4.69, 9.17) is 9.84 Å². The standard InChI is InChI=1S/C19H32N4O/c1-2-24-15-18-14-22(10-9-21-7-3-4-8-21)13-17-11-20-23(19(17)18)12-16-5-6-16/h11,16,18H,2-10,12-15H2,1H3/t18-/m1/s1. The Bertz CT molecular complexity index is 533. The minimum absolute atomic E-state index is 0.480. The van der Waals surface area contributed by atoms with Crippen LogP contribution in [0.15, 0.2) is 6.20 Å². The van der Waals surface area contributed by atoms with E-state index in [1.165, 1.54) is 63.1 Å². The van der Waals surface area contributed by atoms with E-state index in [-0.39, 0.29) is 0 Å². The topological polar surface area (TPSA) is 33.5 Å². The molecule has 2 fully saturated rings. The van der Waals surface area contributed by atoms with Crippen LogP contribution in [0.2, 0.25) is 0 Å². The summed E-state index contributed by atoms with van der Waals surface area (Å²) in [5, 5.41) is 4.73. The largest absolute Gasteiger partial charge is 0.381 e. The molecule has 0 bridgehead atoms. The van der Waals surface area contributed by atoms with Gasteiger partial charge in [-0.05, 0) is 51.6 Å². The van der Waals surface area contributed by atoms with Crippen molar-refractivity contribution in [2.45, 2.75) is 51.6 Å². The first-order valence-corrected chi connectivity index (χ1v) is 9.90. The van der Waals surface area contributed by atoms with Crippen molar-refractivity contribution in [3.63, 3.8) is 0 Å². The quantitative estimate of drug-likeness (QED) is 0.732. The van der Waals surface area contributed by atoms with Crippen molar-refractivity contribution < 1.29 is 4.74 Å². The Morgan fingerprint density at radius 1 is 1.17 bits per heavy atom. The molecule has 1 aliphatic carbocycles. The maximum Gasteiger partial charge on any atom is 0.0562 e. The van der Waals surface area contributed by atoms with Crippen molar-refractivity contribution >= 4 is 0 Å². The summed E-state index contributed by atoms with van der Waals surface area (Å²) in [6, 6.07) is 0. The Kier molecular flexibility index (Phi) is 5.20. The van der Waals surface area contributed by atoms with Crippen LogP contribution in [0.5, 0.6) is 0 Å². The first-order chi connectivity index (χ1) is 11.8. The van der Waals surface area contributed by atoms with Crippen LogP contribution in [0.1, 0.15) is 49.8 Å². The highest BCUT2D eigenvalue weighted by molar-refractivity contribution is 5.25. The Morgan fingerprint density at radius 2 is 1.96 bits per heavy atom. The van der Waals surface area contributed by atoms with Gasteiger partial charge >= 0.3 is 0 Å². The molecule has 0 N–H and O–H groups in total. The van der Waals surface area contributed by atoms with Gasteiger partial charge in [0.2, 0.25) is 0 Å². The van der Waals surface area contributed by atoms with Crippen molar-refractivity contribution in [1.29, 1.82) is 0 Å². The molecule has 2 aliphatic heterocycles. The molecule has 0 radical (unpaired) electrons. The lowest BCUT2D eigenvalue weighted by Crippen LogP contribution is -2.40. The Morgan fingerprint density at radius 3 is 2.71 bits per heavy atom. The number of fused-ring (bicyclic) bond motifs is 1. The van der Waals surface area contributed by atoms with Gasteiger partial charge in [0, 0.05) is 56.5 Å². The lowest BCUT2D eigenvalue weighted by molar-refractivity contribution is 0.101. The number of likely N-dealkylation sites (tertiary alicyclic amines) is 1. The van der Waals surface area contributed by atoms with Gasteiger partial charge in [0.1, 0.15) is 0 Å². The molecule has 3 heterocycles. The van der Waals surface area contributed by atoms with Gasteiger partial charge in [0.15, 0.2) is 0 Å². The van der Waals surface area contributed by atoms with Gasteiger partial charge in [0.05, 0.1) is 12.8 Å². The molecule has 3 aliphatic rings. The molecule has 24 heavy (non-hydrogen) atoms. The molecule has 1 aromatic rings. The van der Waals surface area contributed by atoms with E-state index in [1.54, 1.807) is 0 Å². The SMILES string of the molecule is CCOC[C@H]1CN(CCN2CCCC2)Cc2cnn(CC3CC3)c21. The predicted octanol–water partition coefficient (Wildman–Crippen LogP) is 2.32. The molecule has 134 valence electrons. The van der Waals surface area contributed by atoms with E-state index < -0.39 is 0 Å². The summed E-state index contributed by atoms with van der Waals surface area (Å²) in [5.41, 5.74) is 2.90. The number of aromatic nitrogens is 2. The van der Waals surface area contributed by atoms with Crippen molar-refractivity contribution in [2.75, 3.05) is 45.9 Å². The summed E-state index contributed by atoms with van der Waals surface area (Å²) < 4.78 is 8.12. The van der Waals surface area contributed by atoms with Crippen molar-refractivity contribution in [3.05, 3.63) is 17.5 Å². The molecule has 5 heteroatoms. The van der Waals surface area contributed by atoms with Gasteiger partial charge < -0.3 is 9.64 Å². The molecule has 1 aromatic heterocycles. The molecule has 0 spiro atoms. The number of nitrogens with zero attached hydrogens (tertiary/aromatic N) is 4. The second-order valence-corrected chi connectivity index (χ2v) is 7.82. The summed E-state index contributed by atoms with van der Waals surface area (Å²) in [4.78, 5) is 5.23. The van der Waals surface area contributed by atoms with Crippen LogP contribution in [-0.4, -0.2) is 65.5 Å². The summed E-state index contributed by atoms with van der Waals surface area (Å²) in [5.74, 6) is 1.35. The second kappa shape index (κ2) is 7.54. The molecule has 1 saturated carbocycles. The Labute approximate surface area is 145 Å². The van der Waals surface area contributed by atoms with Gasteiger partial charge in [-0.2, -0.15) is 5.10 Å². The zero-order valence-electron chi connectivity index (χ0n) is 15.1. The van der Waals surface area contributed by atoms with Crippen LogP contribution < -0.4 is 0 Å². The summed E-state index contributed by atoms with van der Waals surface area (Å²) >= 11 is 0. The highest BCUT2D eigenvalue weighted by atomic mass is 16.5. The summed E-state index contributed by atoms with van der Waals surface area (Å²) in [7, 11) is 0. The van der Waals surface area contributed by atoms with Crippen LogP contribution >= 0.6 is 0 Å². The van der Waals surface area contributed by atoms with Crippen LogP contribution in [0.3, 0.4) is 0 Å². The van der Waals surface area contributed by atoms with E-state index in [0.717, 1.165) is 38.8 Å². The van der Waals surface area contributed by atoms with E-state index in [2.05, 4.69) is 27.6 Å². The molecule has 0 unspecified atom stereocenters. The number of hydrogen-bond acceptors (Lipinski definition) is 4. The minimum atomic E-state index is 0.480. The average molecular weight is 332 g/mol. The maximum atomic E-state index is 5.82. The third-order valence-corrected chi connectivity index (χ3v) is 5.80. The fraction of sp³-hybridized carbons (Fsp3) is 0.842. The van der Waals surface area contributed by atoms with Crippen LogP contribution in [0.25, 0.3) is 0 Å². The first kappa shape index (κ1) is 16.6. The first-order valence-electron chi connectivity index (χ1n) is 9.90. The smallest absolute Gasteiger partial charge is 0.0562 e.